The number of rotatable bonds is 4. The molecule has 2 aliphatic rings. The molecule has 0 radical (unpaired) electrons. The van der Waals surface area contributed by atoms with Crippen LogP contribution in [0, 0.1) is 11.8 Å². The summed E-state index contributed by atoms with van der Waals surface area (Å²) in [6, 6.07) is 5.52. The van der Waals surface area contributed by atoms with Gasteiger partial charge in [-0.1, -0.05) is 23.2 Å². The number of benzene rings is 1. The number of hydrogen-bond donors (Lipinski definition) is 1. The van der Waals surface area contributed by atoms with Crippen LogP contribution in [0.25, 0.3) is 0 Å². The van der Waals surface area contributed by atoms with Gasteiger partial charge < -0.3 is 14.6 Å². The number of piperidine rings is 1. The van der Waals surface area contributed by atoms with Crippen molar-refractivity contribution in [1.82, 2.24) is 14.5 Å². The molecule has 27 heavy (non-hydrogen) atoms. The maximum absolute atomic E-state index is 12.9. The maximum Gasteiger partial charge on any atom is 0.226 e. The van der Waals surface area contributed by atoms with Crippen LogP contribution in [0.1, 0.15) is 42.7 Å². The lowest BCUT2D eigenvalue weighted by molar-refractivity contribution is -0.134. The largest absolute Gasteiger partial charge is 0.385 e. The first-order chi connectivity index (χ1) is 12.9. The predicted molar refractivity (Wildman–Crippen MR) is 105 cm³/mol. The van der Waals surface area contributed by atoms with Gasteiger partial charge in [-0.25, -0.2) is 4.98 Å². The monoisotopic (exact) mass is 407 g/mol. The maximum atomic E-state index is 12.9. The van der Waals surface area contributed by atoms with Crippen molar-refractivity contribution in [3.05, 3.63) is 52.0 Å². The average molecular weight is 408 g/mol. The molecule has 1 amide bonds. The topological polar surface area (TPSA) is 58.4 Å². The fourth-order valence-electron chi connectivity index (χ4n) is 4.17. The summed E-state index contributed by atoms with van der Waals surface area (Å²) in [7, 11) is 1.89. The van der Waals surface area contributed by atoms with Gasteiger partial charge in [0.1, 0.15) is 11.9 Å². The molecule has 144 valence electrons. The molecule has 7 heteroatoms. The van der Waals surface area contributed by atoms with Gasteiger partial charge in [0, 0.05) is 48.5 Å². The third kappa shape index (κ3) is 3.86. The summed E-state index contributed by atoms with van der Waals surface area (Å²) in [5.41, 5.74) is 1.05. The van der Waals surface area contributed by atoms with E-state index in [4.69, 9.17) is 23.2 Å². The van der Waals surface area contributed by atoms with E-state index in [1.54, 1.807) is 12.3 Å². The summed E-state index contributed by atoms with van der Waals surface area (Å²) in [5.74, 6) is 1.28. The summed E-state index contributed by atoms with van der Waals surface area (Å²) in [4.78, 5) is 19.0. The van der Waals surface area contributed by atoms with Gasteiger partial charge >= 0.3 is 0 Å². The fraction of sp³-hybridized carbons (Fsp3) is 0.500. The molecule has 0 spiro atoms. The zero-order valence-electron chi connectivity index (χ0n) is 15.2. The Morgan fingerprint density at radius 1 is 1.22 bits per heavy atom. The Hall–Kier alpha value is -1.56. The number of carbonyl (C=O) groups excluding carboxylic acids is 1. The number of imidazole rings is 1. The van der Waals surface area contributed by atoms with Crippen molar-refractivity contribution in [2.45, 2.75) is 31.3 Å². The standard InChI is InChI=1S/C20H23Cl2N3O2/c1-24-7-4-23-19(24)18(26)12-2-5-25(6-3-12)20(27)17-11-16(17)13-8-14(21)10-15(22)9-13/h4,7-10,12,16-18,26H,2-3,5-6,11H2,1H3/t16-,17-,18-/m1/s1. The first-order valence-electron chi connectivity index (χ1n) is 9.34. The third-order valence-electron chi connectivity index (χ3n) is 5.84. The molecule has 3 atom stereocenters. The molecular weight excluding hydrogens is 385 g/mol. The van der Waals surface area contributed by atoms with Gasteiger partial charge in [0.25, 0.3) is 0 Å². The predicted octanol–water partition coefficient (Wildman–Crippen LogP) is 3.80. The van der Waals surface area contributed by atoms with E-state index in [1.165, 1.54) is 0 Å². The van der Waals surface area contributed by atoms with E-state index >= 15 is 0 Å². The van der Waals surface area contributed by atoms with Gasteiger partial charge in [-0.15, -0.1) is 0 Å². The van der Waals surface area contributed by atoms with Crippen LogP contribution in [0.3, 0.4) is 0 Å². The van der Waals surface area contributed by atoms with E-state index in [0.29, 0.717) is 29.0 Å². The van der Waals surface area contributed by atoms with Crippen molar-refractivity contribution in [2.24, 2.45) is 18.9 Å². The van der Waals surface area contributed by atoms with Crippen molar-refractivity contribution >= 4 is 29.1 Å². The molecule has 1 N–H and O–H groups in total. The molecule has 1 aromatic heterocycles. The van der Waals surface area contributed by atoms with Crippen LogP contribution in [0.15, 0.2) is 30.6 Å². The highest BCUT2D eigenvalue weighted by Crippen LogP contribution is 2.49. The molecule has 5 nitrogen and oxygen atoms in total. The van der Waals surface area contributed by atoms with Gasteiger partial charge in [0.15, 0.2) is 0 Å². The Bertz CT molecular complexity index is 825. The molecule has 2 heterocycles. The van der Waals surface area contributed by atoms with Crippen LogP contribution >= 0.6 is 23.2 Å². The zero-order chi connectivity index (χ0) is 19.1. The molecule has 1 saturated heterocycles. The Balaban J connectivity index is 1.34. The van der Waals surface area contributed by atoms with E-state index in [-0.39, 0.29) is 23.7 Å². The SMILES string of the molecule is Cn1ccnc1[C@H](O)C1CCN(C(=O)[C@@H]2C[C@@H]2c2cc(Cl)cc(Cl)c2)CC1. The minimum absolute atomic E-state index is 0.0237. The molecule has 2 aromatic rings. The molecule has 0 bridgehead atoms. The van der Waals surface area contributed by atoms with E-state index < -0.39 is 6.10 Å². The number of aliphatic hydroxyl groups excluding tert-OH is 1. The lowest BCUT2D eigenvalue weighted by atomic mass is 9.90. The van der Waals surface area contributed by atoms with Crippen LogP contribution in [-0.4, -0.2) is 38.6 Å². The molecular formula is C20H23Cl2N3O2. The lowest BCUT2D eigenvalue weighted by Crippen LogP contribution is -2.41. The van der Waals surface area contributed by atoms with Crippen molar-refractivity contribution in [3.63, 3.8) is 0 Å². The second-order valence-electron chi connectivity index (χ2n) is 7.66. The summed E-state index contributed by atoms with van der Waals surface area (Å²) in [6.07, 6.45) is 5.40. The van der Waals surface area contributed by atoms with Crippen molar-refractivity contribution < 1.29 is 9.90 Å². The second kappa shape index (κ2) is 7.46. The Labute approximate surface area is 168 Å². The van der Waals surface area contributed by atoms with E-state index in [2.05, 4.69) is 4.98 Å². The van der Waals surface area contributed by atoms with E-state index in [0.717, 1.165) is 24.8 Å². The van der Waals surface area contributed by atoms with Crippen LogP contribution < -0.4 is 0 Å². The number of halogens is 2. The number of aliphatic hydroxyl groups is 1. The Morgan fingerprint density at radius 2 is 1.89 bits per heavy atom. The van der Waals surface area contributed by atoms with Crippen LogP contribution in [0.2, 0.25) is 10.0 Å². The van der Waals surface area contributed by atoms with Crippen molar-refractivity contribution in [3.8, 4) is 0 Å². The number of amides is 1. The number of likely N-dealkylation sites (tertiary alicyclic amines) is 1. The minimum Gasteiger partial charge on any atom is -0.385 e. The highest BCUT2D eigenvalue weighted by atomic mass is 35.5. The van der Waals surface area contributed by atoms with E-state index in [1.807, 2.05) is 34.8 Å². The number of aromatic nitrogens is 2. The van der Waals surface area contributed by atoms with Crippen molar-refractivity contribution in [2.75, 3.05) is 13.1 Å². The molecule has 4 rings (SSSR count). The smallest absolute Gasteiger partial charge is 0.226 e. The fourth-order valence-corrected chi connectivity index (χ4v) is 4.71. The Kier molecular flexibility index (Phi) is 5.19. The quantitative estimate of drug-likeness (QED) is 0.837. The summed E-state index contributed by atoms with van der Waals surface area (Å²) in [6.45, 7) is 1.37. The van der Waals surface area contributed by atoms with Crippen LogP contribution in [-0.2, 0) is 11.8 Å². The van der Waals surface area contributed by atoms with Gasteiger partial charge in [0.05, 0.1) is 0 Å². The molecule has 1 aliphatic carbocycles. The zero-order valence-corrected chi connectivity index (χ0v) is 16.7. The van der Waals surface area contributed by atoms with Gasteiger partial charge in [-0.05, 0) is 54.9 Å². The number of nitrogens with zero attached hydrogens (tertiary/aromatic N) is 3. The molecule has 0 unspecified atom stereocenters. The van der Waals surface area contributed by atoms with Gasteiger partial charge in [-0.2, -0.15) is 0 Å². The highest BCUT2D eigenvalue weighted by molar-refractivity contribution is 6.34. The minimum atomic E-state index is -0.579. The first-order valence-corrected chi connectivity index (χ1v) is 10.1. The van der Waals surface area contributed by atoms with Crippen LogP contribution in [0.5, 0.6) is 0 Å². The van der Waals surface area contributed by atoms with Crippen molar-refractivity contribution in [1.29, 1.82) is 0 Å². The Morgan fingerprint density at radius 3 is 2.48 bits per heavy atom. The normalized spacial score (nSPS) is 24.1. The molecule has 1 saturated carbocycles. The van der Waals surface area contributed by atoms with E-state index in [9.17, 15) is 9.90 Å². The number of carbonyl (C=O) groups is 1. The number of hydrogen-bond acceptors (Lipinski definition) is 3. The van der Waals surface area contributed by atoms with Gasteiger partial charge in [0.2, 0.25) is 5.91 Å². The molecule has 1 aromatic carbocycles. The number of aryl methyl sites for hydroxylation is 1. The lowest BCUT2D eigenvalue weighted by Gasteiger charge is -2.34. The van der Waals surface area contributed by atoms with Crippen LogP contribution in [0.4, 0.5) is 0 Å². The highest BCUT2D eigenvalue weighted by Gasteiger charge is 2.46. The summed E-state index contributed by atoms with van der Waals surface area (Å²) in [5, 5.41) is 11.8. The molecule has 2 fully saturated rings. The summed E-state index contributed by atoms with van der Waals surface area (Å²) >= 11 is 12.2. The first kappa shape index (κ1) is 18.8. The average Bonchev–Trinajstić information content (AvgIpc) is 3.34. The van der Waals surface area contributed by atoms with Gasteiger partial charge in [-0.3, -0.25) is 4.79 Å². The third-order valence-corrected chi connectivity index (χ3v) is 6.28. The molecule has 1 aliphatic heterocycles. The summed E-state index contributed by atoms with van der Waals surface area (Å²) < 4.78 is 1.85. The second-order valence-corrected chi connectivity index (χ2v) is 8.53.